The Hall–Kier alpha value is -2.76. The molecular formula is C19H21FN4O. The Balaban J connectivity index is 1.62. The lowest BCUT2D eigenvalue weighted by molar-refractivity contribution is -0.120. The number of carbonyl (C=O) groups is 1. The first-order valence-electron chi connectivity index (χ1n) is 8.37. The summed E-state index contributed by atoms with van der Waals surface area (Å²) >= 11 is 0. The van der Waals surface area contributed by atoms with Gasteiger partial charge in [-0.3, -0.25) is 4.79 Å². The molecule has 6 heteroatoms. The number of aromatic nitrogens is 3. The number of nitrogens with zero attached hydrogens (tertiary/aromatic N) is 3. The Morgan fingerprint density at radius 1 is 1.24 bits per heavy atom. The predicted octanol–water partition coefficient (Wildman–Crippen LogP) is 3.05. The zero-order chi connectivity index (χ0) is 17.8. The average Bonchev–Trinajstić information content (AvgIpc) is 2.95. The summed E-state index contributed by atoms with van der Waals surface area (Å²) in [6, 6.07) is 10.0. The topological polar surface area (TPSA) is 59.8 Å². The van der Waals surface area contributed by atoms with Crippen molar-refractivity contribution in [3.63, 3.8) is 0 Å². The van der Waals surface area contributed by atoms with Crippen LogP contribution in [0, 0.1) is 5.82 Å². The van der Waals surface area contributed by atoms with Gasteiger partial charge >= 0.3 is 0 Å². The molecule has 5 nitrogen and oxygen atoms in total. The minimum atomic E-state index is -0.301. The molecule has 0 bridgehead atoms. The number of rotatable bonds is 6. The van der Waals surface area contributed by atoms with E-state index in [-0.39, 0.29) is 24.2 Å². The molecule has 0 aliphatic carbocycles. The first-order valence-corrected chi connectivity index (χ1v) is 8.37. The minimum absolute atomic E-state index is 0.0862. The van der Waals surface area contributed by atoms with Gasteiger partial charge in [-0.25, -0.2) is 14.4 Å². The molecule has 0 atom stereocenters. The van der Waals surface area contributed by atoms with Crippen LogP contribution >= 0.6 is 0 Å². The SMILES string of the molecule is CC(C)n1c(CCNC(=O)Cc2ccc(F)cc2)nc2cccnc21. The van der Waals surface area contributed by atoms with E-state index in [9.17, 15) is 9.18 Å². The number of imidazole rings is 1. The number of hydrogen-bond acceptors (Lipinski definition) is 3. The molecule has 0 fully saturated rings. The molecule has 0 aliphatic rings. The van der Waals surface area contributed by atoms with Crippen molar-refractivity contribution < 1.29 is 9.18 Å². The summed E-state index contributed by atoms with van der Waals surface area (Å²) in [4.78, 5) is 21.1. The van der Waals surface area contributed by atoms with E-state index in [4.69, 9.17) is 0 Å². The van der Waals surface area contributed by atoms with Gasteiger partial charge in [0.2, 0.25) is 5.91 Å². The van der Waals surface area contributed by atoms with Crippen LogP contribution in [0.25, 0.3) is 11.2 Å². The molecule has 2 aromatic heterocycles. The highest BCUT2D eigenvalue weighted by Crippen LogP contribution is 2.19. The third kappa shape index (κ3) is 4.02. The van der Waals surface area contributed by atoms with Crippen LogP contribution in [0.15, 0.2) is 42.6 Å². The highest BCUT2D eigenvalue weighted by molar-refractivity contribution is 5.78. The van der Waals surface area contributed by atoms with Gasteiger partial charge in [0.1, 0.15) is 17.2 Å². The van der Waals surface area contributed by atoms with Gasteiger partial charge in [-0.15, -0.1) is 0 Å². The Bertz CT molecular complexity index is 871. The molecule has 3 aromatic rings. The molecular weight excluding hydrogens is 319 g/mol. The summed E-state index contributed by atoms with van der Waals surface area (Å²) in [6.07, 6.45) is 2.63. The summed E-state index contributed by atoms with van der Waals surface area (Å²) in [5.41, 5.74) is 2.52. The molecule has 1 N–H and O–H groups in total. The van der Waals surface area contributed by atoms with E-state index < -0.39 is 0 Å². The second kappa shape index (κ2) is 7.42. The van der Waals surface area contributed by atoms with Crippen molar-refractivity contribution in [3.8, 4) is 0 Å². The highest BCUT2D eigenvalue weighted by atomic mass is 19.1. The van der Waals surface area contributed by atoms with Crippen molar-refractivity contribution in [1.82, 2.24) is 19.9 Å². The van der Waals surface area contributed by atoms with Crippen LogP contribution in [0.5, 0.6) is 0 Å². The normalized spacial score (nSPS) is 11.2. The number of pyridine rings is 1. The van der Waals surface area contributed by atoms with E-state index in [2.05, 4.69) is 33.7 Å². The van der Waals surface area contributed by atoms with E-state index in [0.29, 0.717) is 13.0 Å². The minimum Gasteiger partial charge on any atom is -0.355 e. The Kier molecular flexibility index (Phi) is 5.07. The number of hydrogen-bond donors (Lipinski definition) is 1. The van der Waals surface area contributed by atoms with Crippen LogP contribution in [0.4, 0.5) is 4.39 Å². The van der Waals surface area contributed by atoms with Gasteiger partial charge in [0, 0.05) is 25.2 Å². The van der Waals surface area contributed by atoms with Crippen LogP contribution in [0.3, 0.4) is 0 Å². The summed E-state index contributed by atoms with van der Waals surface area (Å²) in [6.45, 7) is 4.68. The van der Waals surface area contributed by atoms with E-state index in [0.717, 1.165) is 22.6 Å². The van der Waals surface area contributed by atoms with Gasteiger partial charge in [0.15, 0.2) is 5.65 Å². The monoisotopic (exact) mass is 340 g/mol. The van der Waals surface area contributed by atoms with Crippen LogP contribution in [0.2, 0.25) is 0 Å². The first-order chi connectivity index (χ1) is 12.0. The zero-order valence-corrected chi connectivity index (χ0v) is 14.4. The fourth-order valence-electron chi connectivity index (χ4n) is 2.86. The summed E-state index contributed by atoms with van der Waals surface area (Å²) < 4.78 is 15.0. The van der Waals surface area contributed by atoms with Crippen molar-refractivity contribution in [2.24, 2.45) is 0 Å². The van der Waals surface area contributed by atoms with Gasteiger partial charge in [0.05, 0.1) is 6.42 Å². The number of carbonyl (C=O) groups excluding carboxylic acids is 1. The van der Waals surface area contributed by atoms with E-state index in [1.54, 1.807) is 18.3 Å². The molecule has 1 amide bonds. The number of nitrogens with one attached hydrogen (secondary N) is 1. The zero-order valence-electron chi connectivity index (χ0n) is 14.4. The third-order valence-corrected chi connectivity index (χ3v) is 3.99. The lowest BCUT2D eigenvalue weighted by Crippen LogP contribution is -2.28. The second-order valence-corrected chi connectivity index (χ2v) is 6.24. The number of halogens is 1. The number of benzene rings is 1. The molecule has 3 rings (SSSR count). The van der Waals surface area contributed by atoms with Crippen molar-refractivity contribution >= 4 is 17.1 Å². The maximum absolute atomic E-state index is 12.9. The molecule has 0 unspecified atom stereocenters. The predicted molar refractivity (Wildman–Crippen MR) is 94.7 cm³/mol. The van der Waals surface area contributed by atoms with E-state index in [1.165, 1.54) is 12.1 Å². The third-order valence-electron chi connectivity index (χ3n) is 3.99. The summed E-state index contributed by atoms with van der Waals surface area (Å²) in [5, 5.41) is 2.90. The molecule has 0 radical (unpaired) electrons. The molecule has 0 spiro atoms. The van der Waals surface area contributed by atoms with Gasteiger partial charge in [-0.2, -0.15) is 0 Å². The lowest BCUT2D eigenvalue weighted by atomic mass is 10.1. The van der Waals surface area contributed by atoms with E-state index in [1.807, 2.05) is 12.1 Å². The maximum Gasteiger partial charge on any atom is 0.224 e. The summed E-state index contributed by atoms with van der Waals surface area (Å²) in [7, 11) is 0. The molecule has 0 aliphatic heterocycles. The number of fused-ring (bicyclic) bond motifs is 1. The van der Waals surface area contributed by atoms with Crippen molar-refractivity contribution in [3.05, 3.63) is 59.8 Å². The average molecular weight is 340 g/mol. The van der Waals surface area contributed by atoms with E-state index >= 15 is 0 Å². The summed E-state index contributed by atoms with van der Waals surface area (Å²) in [5.74, 6) is 0.521. The number of amides is 1. The Morgan fingerprint density at radius 2 is 2.00 bits per heavy atom. The molecule has 1 aromatic carbocycles. The largest absolute Gasteiger partial charge is 0.355 e. The molecule has 2 heterocycles. The second-order valence-electron chi connectivity index (χ2n) is 6.24. The first kappa shape index (κ1) is 17.1. The van der Waals surface area contributed by atoms with Crippen LogP contribution in [-0.2, 0) is 17.6 Å². The maximum atomic E-state index is 12.9. The molecule has 25 heavy (non-hydrogen) atoms. The molecule has 0 saturated heterocycles. The smallest absolute Gasteiger partial charge is 0.224 e. The van der Waals surface area contributed by atoms with Gasteiger partial charge in [0.25, 0.3) is 0 Å². The van der Waals surface area contributed by atoms with Crippen molar-refractivity contribution in [2.75, 3.05) is 6.54 Å². The quantitative estimate of drug-likeness (QED) is 0.750. The van der Waals surface area contributed by atoms with Crippen LogP contribution in [-0.4, -0.2) is 27.0 Å². The standard InChI is InChI=1S/C19H21FN4O/c1-13(2)24-17(23-16-4-3-10-22-19(16)24)9-11-21-18(25)12-14-5-7-15(20)8-6-14/h3-8,10,13H,9,11-12H2,1-2H3,(H,21,25). The highest BCUT2D eigenvalue weighted by Gasteiger charge is 2.14. The van der Waals surface area contributed by atoms with Crippen LogP contribution < -0.4 is 5.32 Å². The Morgan fingerprint density at radius 3 is 2.72 bits per heavy atom. The lowest BCUT2D eigenvalue weighted by Gasteiger charge is -2.12. The van der Waals surface area contributed by atoms with Gasteiger partial charge < -0.3 is 9.88 Å². The molecule has 0 saturated carbocycles. The Labute approximate surface area is 145 Å². The van der Waals surface area contributed by atoms with Gasteiger partial charge in [-0.05, 0) is 43.7 Å². The van der Waals surface area contributed by atoms with Crippen molar-refractivity contribution in [1.29, 1.82) is 0 Å². The van der Waals surface area contributed by atoms with Gasteiger partial charge in [-0.1, -0.05) is 12.1 Å². The fourth-order valence-corrected chi connectivity index (χ4v) is 2.86. The fraction of sp³-hybridized carbons (Fsp3) is 0.316. The molecule has 130 valence electrons. The van der Waals surface area contributed by atoms with Crippen LogP contribution in [0.1, 0.15) is 31.3 Å². The van der Waals surface area contributed by atoms with Crippen molar-refractivity contribution in [2.45, 2.75) is 32.7 Å².